The molecule has 2 N–H and O–H groups in total. The van der Waals surface area contributed by atoms with Crippen LogP contribution in [0.25, 0.3) is 0 Å². The summed E-state index contributed by atoms with van der Waals surface area (Å²) < 4.78 is 0. The van der Waals surface area contributed by atoms with E-state index in [2.05, 4.69) is 5.32 Å². The Bertz CT molecular complexity index is 488. The van der Waals surface area contributed by atoms with Gasteiger partial charge in [0.1, 0.15) is 0 Å². The molecule has 0 aliphatic rings. The lowest BCUT2D eigenvalue weighted by molar-refractivity contribution is -0.138. The van der Waals surface area contributed by atoms with Crippen molar-refractivity contribution in [2.45, 2.75) is 19.3 Å². The molecular formula is C15H20N2O4. The van der Waals surface area contributed by atoms with Gasteiger partial charge in [0.15, 0.2) is 0 Å². The number of hydrogen-bond acceptors (Lipinski definition) is 3. The average Bonchev–Trinajstić information content (AvgIpc) is 2.47. The van der Waals surface area contributed by atoms with Gasteiger partial charge in [0.05, 0.1) is 0 Å². The van der Waals surface area contributed by atoms with E-state index in [1.807, 2.05) is 6.07 Å². The molecule has 1 aromatic carbocycles. The third kappa shape index (κ3) is 6.56. The van der Waals surface area contributed by atoms with Crippen LogP contribution in [0.5, 0.6) is 0 Å². The molecule has 1 aromatic rings. The van der Waals surface area contributed by atoms with E-state index in [0.717, 1.165) is 0 Å². The second-order valence-electron chi connectivity index (χ2n) is 4.68. The Hall–Kier alpha value is -2.37. The summed E-state index contributed by atoms with van der Waals surface area (Å²) in [6.07, 6.45) is 0.665. The number of nitrogens with one attached hydrogen (secondary N) is 1. The summed E-state index contributed by atoms with van der Waals surface area (Å²) in [6, 6.07) is 8.78. The summed E-state index contributed by atoms with van der Waals surface area (Å²) in [5.41, 5.74) is 0.555. The zero-order chi connectivity index (χ0) is 15.7. The van der Waals surface area contributed by atoms with Crippen molar-refractivity contribution >= 4 is 17.8 Å². The van der Waals surface area contributed by atoms with Crippen LogP contribution >= 0.6 is 0 Å². The van der Waals surface area contributed by atoms with Gasteiger partial charge in [-0.2, -0.15) is 0 Å². The fraction of sp³-hybridized carbons (Fsp3) is 0.400. The molecule has 0 aliphatic heterocycles. The third-order valence-corrected chi connectivity index (χ3v) is 2.97. The van der Waals surface area contributed by atoms with Gasteiger partial charge in [0.2, 0.25) is 5.91 Å². The Morgan fingerprint density at radius 3 is 2.43 bits per heavy atom. The Balaban J connectivity index is 2.24. The zero-order valence-corrected chi connectivity index (χ0v) is 12.0. The molecule has 0 heterocycles. The number of benzene rings is 1. The van der Waals surface area contributed by atoms with E-state index in [0.29, 0.717) is 18.5 Å². The zero-order valence-electron chi connectivity index (χ0n) is 12.0. The molecule has 0 saturated heterocycles. The summed E-state index contributed by atoms with van der Waals surface area (Å²) in [5, 5.41) is 11.2. The first-order chi connectivity index (χ1) is 10.0. The molecule has 0 aromatic heterocycles. The van der Waals surface area contributed by atoms with E-state index >= 15 is 0 Å². The number of carbonyl (C=O) groups excluding carboxylic acids is 2. The minimum atomic E-state index is -0.869. The molecule has 0 radical (unpaired) electrons. The van der Waals surface area contributed by atoms with Gasteiger partial charge in [0.25, 0.3) is 5.91 Å². The molecule has 6 heteroatoms. The number of hydrogen-bond donors (Lipinski definition) is 2. The number of amides is 2. The van der Waals surface area contributed by atoms with Crippen molar-refractivity contribution in [3.8, 4) is 0 Å². The Morgan fingerprint density at radius 2 is 1.81 bits per heavy atom. The van der Waals surface area contributed by atoms with Crippen molar-refractivity contribution in [1.29, 1.82) is 0 Å². The standard InChI is InChI=1S/C15H20N2O4/c1-17(11-5-8-14(19)20)13(18)9-10-16-15(21)12-6-3-2-4-7-12/h2-4,6-7H,5,8-11H2,1H3,(H,16,21)(H,19,20). The third-order valence-electron chi connectivity index (χ3n) is 2.97. The van der Waals surface area contributed by atoms with Gasteiger partial charge < -0.3 is 15.3 Å². The van der Waals surface area contributed by atoms with Crippen LogP contribution in [0.2, 0.25) is 0 Å². The van der Waals surface area contributed by atoms with Crippen molar-refractivity contribution in [3.63, 3.8) is 0 Å². The van der Waals surface area contributed by atoms with E-state index in [1.165, 1.54) is 4.90 Å². The molecule has 6 nitrogen and oxygen atoms in total. The number of carboxylic acid groups (broad SMARTS) is 1. The first-order valence-corrected chi connectivity index (χ1v) is 6.79. The highest BCUT2D eigenvalue weighted by atomic mass is 16.4. The molecular weight excluding hydrogens is 272 g/mol. The fourth-order valence-electron chi connectivity index (χ4n) is 1.76. The lowest BCUT2D eigenvalue weighted by atomic mass is 10.2. The lowest BCUT2D eigenvalue weighted by Gasteiger charge is -2.16. The van der Waals surface area contributed by atoms with Gasteiger partial charge in [-0.15, -0.1) is 0 Å². The molecule has 0 bridgehead atoms. The topological polar surface area (TPSA) is 86.7 Å². The molecule has 0 saturated carbocycles. The highest BCUT2D eigenvalue weighted by Gasteiger charge is 2.10. The summed E-state index contributed by atoms with van der Waals surface area (Å²) in [4.78, 5) is 35.4. The van der Waals surface area contributed by atoms with Gasteiger partial charge in [-0.1, -0.05) is 18.2 Å². The Labute approximate surface area is 123 Å². The van der Waals surface area contributed by atoms with Crippen LogP contribution in [0.3, 0.4) is 0 Å². The summed E-state index contributed by atoms with van der Waals surface area (Å²) in [6.45, 7) is 0.660. The lowest BCUT2D eigenvalue weighted by Crippen LogP contribution is -2.32. The van der Waals surface area contributed by atoms with Crippen LogP contribution in [-0.4, -0.2) is 47.9 Å². The molecule has 0 spiro atoms. The normalized spacial score (nSPS) is 9.95. The van der Waals surface area contributed by atoms with Crippen LogP contribution in [0.1, 0.15) is 29.6 Å². The summed E-state index contributed by atoms with van der Waals surface area (Å²) in [5.74, 6) is -1.20. The van der Waals surface area contributed by atoms with Crippen LogP contribution < -0.4 is 5.32 Å². The van der Waals surface area contributed by atoms with Gasteiger partial charge in [-0.05, 0) is 18.6 Å². The quantitative estimate of drug-likeness (QED) is 0.752. The van der Waals surface area contributed by atoms with Crippen molar-refractivity contribution in [1.82, 2.24) is 10.2 Å². The monoisotopic (exact) mass is 292 g/mol. The van der Waals surface area contributed by atoms with Crippen LogP contribution in [0, 0.1) is 0 Å². The molecule has 1 rings (SSSR count). The van der Waals surface area contributed by atoms with Crippen molar-refractivity contribution in [2.24, 2.45) is 0 Å². The van der Waals surface area contributed by atoms with Crippen LogP contribution in [0.4, 0.5) is 0 Å². The maximum atomic E-state index is 11.8. The molecule has 2 amide bonds. The van der Waals surface area contributed by atoms with E-state index in [-0.39, 0.29) is 31.2 Å². The van der Waals surface area contributed by atoms with E-state index in [4.69, 9.17) is 5.11 Å². The molecule has 0 unspecified atom stereocenters. The molecule has 0 aliphatic carbocycles. The highest BCUT2D eigenvalue weighted by Crippen LogP contribution is 1.99. The Morgan fingerprint density at radius 1 is 1.14 bits per heavy atom. The minimum absolute atomic E-state index is 0.0440. The first kappa shape index (κ1) is 16.7. The van der Waals surface area contributed by atoms with Crippen molar-refractivity contribution < 1.29 is 19.5 Å². The molecule has 0 fully saturated rings. The smallest absolute Gasteiger partial charge is 0.303 e. The number of nitrogens with zero attached hydrogens (tertiary/aromatic N) is 1. The molecule has 114 valence electrons. The minimum Gasteiger partial charge on any atom is -0.481 e. The number of rotatable bonds is 8. The van der Waals surface area contributed by atoms with Gasteiger partial charge in [-0.25, -0.2) is 0 Å². The predicted octanol–water partition coefficient (Wildman–Crippen LogP) is 1.13. The maximum Gasteiger partial charge on any atom is 0.303 e. The van der Waals surface area contributed by atoms with Crippen molar-refractivity contribution in [2.75, 3.05) is 20.1 Å². The highest BCUT2D eigenvalue weighted by molar-refractivity contribution is 5.94. The van der Waals surface area contributed by atoms with Crippen LogP contribution in [0.15, 0.2) is 30.3 Å². The van der Waals surface area contributed by atoms with Gasteiger partial charge in [-0.3, -0.25) is 14.4 Å². The first-order valence-electron chi connectivity index (χ1n) is 6.79. The molecule has 21 heavy (non-hydrogen) atoms. The largest absolute Gasteiger partial charge is 0.481 e. The number of carboxylic acids is 1. The second kappa shape index (κ2) is 8.73. The number of aliphatic carboxylic acids is 1. The summed E-state index contributed by atoms with van der Waals surface area (Å²) in [7, 11) is 1.63. The maximum absolute atomic E-state index is 11.8. The van der Waals surface area contributed by atoms with E-state index < -0.39 is 5.97 Å². The van der Waals surface area contributed by atoms with Gasteiger partial charge >= 0.3 is 5.97 Å². The van der Waals surface area contributed by atoms with E-state index in [1.54, 1.807) is 31.3 Å². The van der Waals surface area contributed by atoms with Crippen LogP contribution in [-0.2, 0) is 9.59 Å². The molecule has 0 atom stereocenters. The fourth-order valence-corrected chi connectivity index (χ4v) is 1.76. The van der Waals surface area contributed by atoms with E-state index in [9.17, 15) is 14.4 Å². The Kier molecular flexibility index (Phi) is 6.94. The average molecular weight is 292 g/mol. The predicted molar refractivity (Wildman–Crippen MR) is 77.9 cm³/mol. The summed E-state index contributed by atoms with van der Waals surface area (Å²) >= 11 is 0. The van der Waals surface area contributed by atoms with Crippen molar-refractivity contribution in [3.05, 3.63) is 35.9 Å². The SMILES string of the molecule is CN(CCCC(=O)O)C(=O)CCNC(=O)c1ccccc1. The second-order valence-corrected chi connectivity index (χ2v) is 4.68. The van der Waals surface area contributed by atoms with Gasteiger partial charge in [0, 0.05) is 38.5 Å². The number of carbonyl (C=O) groups is 3.